The predicted molar refractivity (Wildman–Crippen MR) is 77.0 cm³/mol. The third-order valence-electron chi connectivity index (χ3n) is 2.72. The van der Waals surface area contributed by atoms with Crippen LogP contribution in [0.15, 0.2) is 12.1 Å². The van der Waals surface area contributed by atoms with Crippen molar-refractivity contribution in [2.45, 2.75) is 19.4 Å². The monoisotopic (exact) mass is 306 g/mol. The van der Waals surface area contributed by atoms with Crippen molar-refractivity contribution in [1.29, 1.82) is 0 Å². The molecule has 0 saturated carbocycles. The molecule has 1 rings (SSSR count). The van der Waals surface area contributed by atoms with Gasteiger partial charge in [-0.15, -0.1) is 12.4 Å². The molecule has 0 bridgehead atoms. The number of rotatable bonds is 6. The zero-order valence-corrected chi connectivity index (χ0v) is 12.6. The first-order valence-electron chi connectivity index (χ1n) is 5.94. The van der Waals surface area contributed by atoms with Crippen molar-refractivity contribution in [3.05, 3.63) is 23.5 Å². The van der Waals surface area contributed by atoms with Crippen molar-refractivity contribution >= 4 is 18.3 Å². The Morgan fingerprint density at radius 3 is 2.40 bits per heavy atom. The van der Waals surface area contributed by atoms with Crippen LogP contribution in [0.4, 0.5) is 4.39 Å². The van der Waals surface area contributed by atoms with Crippen LogP contribution in [-0.2, 0) is 4.79 Å². The first-order chi connectivity index (χ1) is 9.03. The lowest BCUT2D eigenvalue weighted by Crippen LogP contribution is -2.28. The lowest BCUT2D eigenvalue weighted by molar-refractivity contribution is -0.121. The van der Waals surface area contributed by atoms with E-state index in [2.05, 4.69) is 5.32 Å². The number of ether oxygens (including phenoxy) is 2. The number of carbonyl (C=O) groups is 1. The lowest BCUT2D eigenvalue weighted by Gasteiger charge is -2.17. The van der Waals surface area contributed by atoms with Crippen molar-refractivity contribution in [1.82, 2.24) is 5.32 Å². The number of benzene rings is 1. The predicted octanol–water partition coefficient (Wildman–Crippen LogP) is 1.79. The van der Waals surface area contributed by atoms with Gasteiger partial charge in [-0.3, -0.25) is 4.79 Å². The first-order valence-corrected chi connectivity index (χ1v) is 5.94. The van der Waals surface area contributed by atoms with Crippen molar-refractivity contribution in [2.75, 3.05) is 20.8 Å². The highest BCUT2D eigenvalue weighted by Gasteiger charge is 2.17. The number of nitrogens with one attached hydrogen (secondary N) is 1. The van der Waals surface area contributed by atoms with E-state index in [-0.39, 0.29) is 31.3 Å². The van der Waals surface area contributed by atoms with E-state index in [1.807, 2.05) is 0 Å². The molecule has 1 atom stereocenters. The van der Waals surface area contributed by atoms with E-state index < -0.39 is 11.9 Å². The molecule has 0 spiro atoms. The van der Waals surface area contributed by atoms with Crippen molar-refractivity contribution in [3.63, 3.8) is 0 Å². The summed E-state index contributed by atoms with van der Waals surface area (Å²) in [5.41, 5.74) is 5.62. The summed E-state index contributed by atoms with van der Waals surface area (Å²) in [6, 6.07) is 2.28. The number of nitrogens with two attached hydrogens (primary N) is 1. The van der Waals surface area contributed by atoms with Gasteiger partial charge in [0.2, 0.25) is 5.91 Å². The number of methoxy groups -OCH3 is 2. The summed E-state index contributed by atoms with van der Waals surface area (Å²) in [4.78, 5) is 11.4. The number of halogens is 2. The highest BCUT2D eigenvalue weighted by atomic mass is 35.5. The van der Waals surface area contributed by atoms with Crippen LogP contribution in [0.3, 0.4) is 0 Å². The second kappa shape index (κ2) is 8.60. The van der Waals surface area contributed by atoms with Crippen LogP contribution < -0.4 is 20.5 Å². The van der Waals surface area contributed by atoms with Gasteiger partial charge >= 0.3 is 0 Å². The molecule has 114 valence electrons. The molecule has 0 aromatic heterocycles. The highest BCUT2D eigenvalue weighted by Crippen LogP contribution is 2.32. The molecule has 1 amide bonds. The van der Waals surface area contributed by atoms with Crippen LogP contribution in [0, 0.1) is 5.82 Å². The van der Waals surface area contributed by atoms with Gasteiger partial charge in [-0.2, -0.15) is 0 Å². The molecule has 0 aliphatic carbocycles. The molecule has 7 heteroatoms. The Balaban J connectivity index is 0.00000361. The fourth-order valence-corrected chi connectivity index (χ4v) is 1.72. The fourth-order valence-electron chi connectivity index (χ4n) is 1.72. The van der Waals surface area contributed by atoms with Gasteiger partial charge in [0.1, 0.15) is 5.82 Å². The van der Waals surface area contributed by atoms with Gasteiger partial charge in [-0.25, -0.2) is 4.39 Å². The maximum atomic E-state index is 13.9. The minimum absolute atomic E-state index is 0. The molecular formula is C13H20ClFN2O3. The van der Waals surface area contributed by atoms with E-state index in [1.165, 1.54) is 26.4 Å². The Bertz CT molecular complexity index is 457. The molecule has 0 saturated heterocycles. The zero-order chi connectivity index (χ0) is 14.4. The van der Waals surface area contributed by atoms with E-state index in [9.17, 15) is 9.18 Å². The number of hydrogen-bond acceptors (Lipinski definition) is 4. The van der Waals surface area contributed by atoms with Crippen LogP contribution in [0.5, 0.6) is 11.5 Å². The van der Waals surface area contributed by atoms with Gasteiger partial charge in [-0.1, -0.05) is 0 Å². The van der Waals surface area contributed by atoms with E-state index in [1.54, 1.807) is 6.92 Å². The number of amides is 1. The van der Waals surface area contributed by atoms with E-state index in [0.717, 1.165) is 0 Å². The van der Waals surface area contributed by atoms with Gasteiger partial charge in [-0.05, 0) is 13.0 Å². The second-order valence-electron chi connectivity index (χ2n) is 4.06. The maximum absolute atomic E-state index is 13.9. The third-order valence-corrected chi connectivity index (χ3v) is 2.72. The van der Waals surface area contributed by atoms with Gasteiger partial charge in [0.15, 0.2) is 11.5 Å². The lowest BCUT2D eigenvalue weighted by atomic mass is 10.1. The summed E-state index contributed by atoms with van der Waals surface area (Å²) in [5, 5.41) is 2.67. The summed E-state index contributed by atoms with van der Waals surface area (Å²) in [7, 11) is 2.90. The SMILES string of the molecule is COc1cc(F)c(C(C)NC(=O)CCN)cc1OC.Cl. The van der Waals surface area contributed by atoms with E-state index in [0.29, 0.717) is 17.1 Å². The molecule has 0 aliphatic heterocycles. The molecule has 20 heavy (non-hydrogen) atoms. The summed E-state index contributed by atoms with van der Waals surface area (Å²) >= 11 is 0. The summed E-state index contributed by atoms with van der Waals surface area (Å²) < 4.78 is 24.0. The average Bonchev–Trinajstić information content (AvgIpc) is 2.38. The van der Waals surface area contributed by atoms with Crippen LogP contribution in [0.2, 0.25) is 0 Å². The number of carbonyl (C=O) groups excluding carboxylic acids is 1. The maximum Gasteiger partial charge on any atom is 0.221 e. The normalized spacial score (nSPS) is 11.2. The average molecular weight is 307 g/mol. The summed E-state index contributed by atoms with van der Waals surface area (Å²) in [6.07, 6.45) is 0.208. The molecule has 5 nitrogen and oxygen atoms in total. The molecule has 0 heterocycles. The van der Waals surface area contributed by atoms with E-state index in [4.69, 9.17) is 15.2 Å². The Labute approximate surface area is 124 Å². The standard InChI is InChI=1S/C13H19FN2O3.ClH/c1-8(16-13(17)4-5-15)9-6-11(18-2)12(19-3)7-10(9)14;/h6-8H,4-5,15H2,1-3H3,(H,16,17);1H. The molecule has 1 aromatic rings. The van der Waals surface area contributed by atoms with Gasteiger partial charge < -0.3 is 20.5 Å². The highest BCUT2D eigenvalue weighted by molar-refractivity contribution is 5.85. The Kier molecular flexibility index (Phi) is 7.94. The van der Waals surface area contributed by atoms with Crippen molar-refractivity contribution < 1.29 is 18.7 Å². The smallest absolute Gasteiger partial charge is 0.221 e. The Morgan fingerprint density at radius 1 is 1.35 bits per heavy atom. The number of hydrogen-bond donors (Lipinski definition) is 2. The van der Waals surface area contributed by atoms with Gasteiger partial charge in [0.25, 0.3) is 0 Å². The molecule has 0 aliphatic rings. The van der Waals surface area contributed by atoms with Crippen molar-refractivity contribution in [2.24, 2.45) is 5.73 Å². The first kappa shape index (κ1) is 18.5. The Hall–Kier alpha value is -1.53. The molecule has 0 fully saturated rings. The molecule has 1 unspecified atom stereocenters. The molecule has 3 N–H and O–H groups in total. The third kappa shape index (κ3) is 4.54. The van der Waals surface area contributed by atoms with Gasteiger partial charge in [0, 0.05) is 24.6 Å². The molecular weight excluding hydrogens is 287 g/mol. The fraction of sp³-hybridized carbons (Fsp3) is 0.462. The van der Waals surface area contributed by atoms with Crippen LogP contribution in [-0.4, -0.2) is 26.7 Å². The Morgan fingerprint density at radius 2 is 1.90 bits per heavy atom. The minimum atomic E-state index is -0.473. The molecule has 0 radical (unpaired) electrons. The topological polar surface area (TPSA) is 73.6 Å². The van der Waals surface area contributed by atoms with Crippen molar-refractivity contribution in [3.8, 4) is 11.5 Å². The summed E-state index contributed by atoms with van der Waals surface area (Å²) in [6.45, 7) is 1.95. The minimum Gasteiger partial charge on any atom is -0.493 e. The summed E-state index contributed by atoms with van der Waals surface area (Å²) in [5.74, 6) is 0.0467. The van der Waals surface area contributed by atoms with Crippen LogP contribution in [0.25, 0.3) is 0 Å². The largest absolute Gasteiger partial charge is 0.493 e. The van der Waals surface area contributed by atoms with Gasteiger partial charge in [0.05, 0.1) is 20.3 Å². The van der Waals surface area contributed by atoms with Crippen LogP contribution in [0.1, 0.15) is 24.9 Å². The molecule has 1 aromatic carbocycles. The van der Waals surface area contributed by atoms with E-state index >= 15 is 0 Å². The second-order valence-corrected chi connectivity index (χ2v) is 4.06. The van der Waals surface area contributed by atoms with Crippen LogP contribution >= 0.6 is 12.4 Å². The zero-order valence-electron chi connectivity index (χ0n) is 11.7. The quantitative estimate of drug-likeness (QED) is 0.840.